The van der Waals surface area contributed by atoms with Crippen LogP contribution in [-0.4, -0.2) is 92.4 Å². The molecule has 2 aliphatic heterocycles. The van der Waals surface area contributed by atoms with Gasteiger partial charge in [0.05, 0.1) is 11.5 Å². The second-order valence-electron chi connectivity index (χ2n) is 8.60. The maximum atomic E-state index is 13.3. The number of aromatic carboxylic acids is 1. The first-order chi connectivity index (χ1) is 18.1. The second-order valence-corrected chi connectivity index (χ2v) is 8.60. The third kappa shape index (κ3) is 5.22. The van der Waals surface area contributed by atoms with E-state index in [2.05, 4.69) is 15.6 Å². The number of carbonyl (C=O) groups excluding carboxylic acids is 4. The number of likely N-dealkylation sites (N-methyl/N-ethyl adjacent to an activating group) is 1. The van der Waals surface area contributed by atoms with Gasteiger partial charge in [0.1, 0.15) is 11.8 Å². The van der Waals surface area contributed by atoms with E-state index < -0.39 is 48.8 Å². The van der Waals surface area contributed by atoms with E-state index in [0.717, 1.165) is 6.20 Å². The van der Waals surface area contributed by atoms with Crippen LogP contribution in [0.15, 0.2) is 36.5 Å². The number of aromatic hydroxyl groups is 1. The largest absolute Gasteiger partial charge is 0.547 e. The van der Waals surface area contributed by atoms with E-state index in [0.29, 0.717) is 17.0 Å². The highest BCUT2D eigenvalue weighted by atomic mass is 16.5. The highest BCUT2D eigenvalue weighted by Crippen LogP contribution is 2.30. The standard InChI is InChI=1S/C23H24BN5O9/c1-2-28-8-9-29(21(33)20(28)32)23(36)27-17(13-6-7-16(30)25-11-13)19(31)26-15-10-12-4-3-5-14(22(34)35)18(12)38-24(15)37/h3-7,11,15,17,37H,2,8-10H2,1H3,(H,25,30)(H,26,31)(H,27,36)(H,34,35)/t15-,17?/m0/s1. The molecule has 2 aliphatic rings. The number of amides is 5. The zero-order chi connectivity index (χ0) is 27.6. The molecule has 14 nitrogen and oxygen atoms in total. The zero-order valence-corrected chi connectivity index (χ0v) is 20.2. The van der Waals surface area contributed by atoms with Crippen molar-refractivity contribution >= 4 is 36.8 Å². The van der Waals surface area contributed by atoms with Gasteiger partial charge in [0.2, 0.25) is 11.8 Å². The Morgan fingerprint density at radius 3 is 2.61 bits per heavy atom. The maximum absolute atomic E-state index is 13.3. The van der Waals surface area contributed by atoms with Gasteiger partial charge >= 0.3 is 30.9 Å². The molecule has 2 atom stereocenters. The van der Waals surface area contributed by atoms with Crippen molar-refractivity contribution in [1.82, 2.24) is 25.4 Å². The Bertz CT molecular complexity index is 1290. The Morgan fingerprint density at radius 1 is 1.18 bits per heavy atom. The minimum atomic E-state index is -1.61. The number of nitrogens with zero attached hydrogens (tertiary/aromatic N) is 3. The smallest absolute Gasteiger partial charge is 0.534 e. The molecule has 1 aromatic heterocycles. The Hall–Kier alpha value is -4.66. The molecule has 1 saturated heterocycles. The van der Waals surface area contributed by atoms with Crippen molar-refractivity contribution in [3.63, 3.8) is 0 Å². The summed E-state index contributed by atoms with van der Waals surface area (Å²) in [6, 6.07) is 4.50. The fourth-order valence-electron chi connectivity index (χ4n) is 4.22. The number of rotatable bonds is 6. The number of nitrogens with one attached hydrogen (secondary N) is 2. The minimum Gasteiger partial charge on any atom is -0.534 e. The van der Waals surface area contributed by atoms with E-state index in [-0.39, 0.29) is 42.3 Å². The van der Waals surface area contributed by atoms with Crippen LogP contribution in [0.25, 0.3) is 0 Å². The van der Waals surface area contributed by atoms with Gasteiger partial charge in [-0.25, -0.2) is 14.6 Å². The predicted molar refractivity (Wildman–Crippen MR) is 129 cm³/mol. The Balaban J connectivity index is 1.54. The lowest BCUT2D eigenvalue weighted by atomic mass is 9.72. The number of hydrogen-bond acceptors (Lipinski definition) is 9. The van der Waals surface area contributed by atoms with Crippen molar-refractivity contribution in [3.05, 3.63) is 53.2 Å². The van der Waals surface area contributed by atoms with Crippen LogP contribution in [-0.2, 0) is 20.8 Å². The molecule has 0 saturated carbocycles. The minimum absolute atomic E-state index is 0.0139. The molecule has 38 heavy (non-hydrogen) atoms. The number of fused-ring (bicyclic) bond motifs is 1. The molecule has 0 spiro atoms. The molecule has 5 N–H and O–H groups in total. The number of piperazine rings is 1. The third-order valence-electron chi connectivity index (χ3n) is 6.25. The van der Waals surface area contributed by atoms with Crippen molar-refractivity contribution in [2.45, 2.75) is 25.3 Å². The number of pyridine rings is 1. The van der Waals surface area contributed by atoms with Gasteiger partial charge in [-0.2, -0.15) is 0 Å². The maximum Gasteiger partial charge on any atom is 0.547 e. The van der Waals surface area contributed by atoms with E-state index in [9.17, 15) is 39.2 Å². The summed E-state index contributed by atoms with van der Waals surface area (Å²) in [4.78, 5) is 68.2. The number of hydrogen-bond donors (Lipinski definition) is 5. The van der Waals surface area contributed by atoms with Crippen LogP contribution in [0.3, 0.4) is 0 Å². The van der Waals surface area contributed by atoms with Crippen LogP contribution in [0.2, 0.25) is 0 Å². The van der Waals surface area contributed by atoms with E-state index in [1.165, 1.54) is 29.2 Å². The summed E-state index contributed by atoms with van der Waals surface area (Å²) >= 11 is 0. The molecule has 2 aromatic rings. The summed E-state index contributed by atoms with van der Waals surface area (Å²) in [6.45, 7) is 2.05. The first kappa shape index (κ1) is 26.4. The lowest BCUT2D eigenvalue weighted by Gasteiger charge is -2.33. The number of carboxylic acid groups (broad SMARTS) is 1. The normalized spacial score (nSPS) is 17.8. The molecular weight excluding hydrogens is 501 g/mol. The molecule has 5 amide bonds. The van der Waals surface area contributed by atoms with Gasteiger partial charge in [-0.3, -0.25) is 19.3 Å². The Kier molecular flexibility index (Phi) is 7.48. The molecular formula is C23H24BN5O9. The van der Waals surface area contributed by atoms with E-state index in [1.807, 2.05) is 0 Å². The number of imide groups is 1. The van der Waals surface area contributed by atoms with E-state index in [1.54, 1.807) is 13.0 Å². The summed E-state index contributed by atoms with van der Waals surface area (Å²) in [6.07, 6.45) is 1.16. The summed E-state index contributed by atoms with van der Waals surface area (Å²) in [5.41, 5.74) is 0.429. The highest BCUT2D eigenvalue weighted by Gasteiger charge is 2.41. The summed E-state index contributed by atoms with van der Waals surface area (Å²) in [5.74, 6) is -5.32. The predicted octanol–water partition coefficient (Wildman–Crippen LogP) is -0.934. The Morgan fingerprint density at radius 2 is 1.95 bits per heavy atom. The molecule has 0 radical (unpaired) electrons. The molecule has 1 aromatic carbocycles. The average molecular weight is 525 g/mol. The lowest BCUT2D eigenvalue weighted by Crippen LogP contribution is -2.60. The third-order valence-corrected chi connectivity index (χ3v) is 6.25. The number of para-hydroxylation sites is 1. The number of carboxylic acids is 1. The fraction of sp³-hybridized carbons (Fsp3) is 0.304. The van der Waals surface area contributed by atoms with Gasteiger partial charge in [0, 0.05) is 37.5 Å². The van der Waals surface area contributed by atoms with Crippen LogP contribution >= 0.6 is 0 Å². The van der Waals surface area contributed by atoms with Crippen molar-refractivity contribution < 1.29 is 43.9 Å². The molecule has 3 heterocycles. The number of aromatic nitrogens is 1. The summed E-state index contributed by atoms with van der Waals surface area (Å²) in [7, 11) is -1.61. The van der Waals surface area contributed by atoms with Crippen LogP contribution in [0.4, 0.5) is 4.79 Å². The number of benzene rings is 1. The SMILES string of the molecule is CCN1CCN(C(=O)NC(C(=O)N[C@H]2Cc3cccc(C(=O)O)c3OB2O)c2ccc(O)nc2)C(=O)C1=O. The number of urea groups is 1. The van der Waals surface area contributed by atoms with Crippen molar-refractivity contribution in [2.24, 2.45) is 0 Å². The summed E-state index contributed by atoms with van der Waals surface area (Å²) < 4.78 is 5.39. The lowest BCUT2D eigenvalue weighted by molar-refractivity contribution is -0.153. The van der Waals surface area contributed by atoms with Crippen LogP contribution in [0.1, 0.15) is 34.5 Å². The van der Waals surface area contributed by atoms with Gasteiger partial charge in [0.25, 0.3) is 0 Å². The highest BCUT2D eigenvalue weighted by molar-refractivity contribution is 6.47. The van der Waals surface area contributed by atoms with Gasteiger partial charge < -0.3 is 35.4 Å². The fourth-order valence-corrected chi connectivity index (χ4v) is 4.22. The first-order valence-electron chi connectivity index (χ1n) is 11.7. The number of carbonyl (C=O) groups is 5. The first-order valence-corrected chi connectivity index (χ1v) is 11.7. The van der Waals surface area contributed by atoms with Crippen LogP contribution < -0.4 is 15.3 Å². The van der Waals surface area contributed by atoms with Crippen molar-refractivity contribution in [2.75, 3.05) is 19.6 Å². The molecule has 1 fully saturated rings. The van der Waals surface area contributed by atoms with Gasteiger partial charge in [-0.05, 0) is 31.0 Å². The Labute approximate surface area is 216 Å². The summed E-state index contributed by atoms with van der Waals surface area (Å²) in [5, 5.41) is 34.4. The monoisotopic (exact) mass is 525 g/mol. The van der Waals surface area contributed by atoms with Gasteiger partial charge in [0.15, 0.2) is 0 Å². The zero-order valence-electron chi connectivity index (χ0n) is 20.2. The molecule has 4 rings (SSSR count). The van der Waals surface area contributed by atoms with Gasteiger partial charge in [-0.15, -0.1) is 0 Å². The molecule has 0 bridgehead atoms. The van der Waals surface area contributed by atoms with Crippen molar-refractivity contribution in [3.8, 4) is 11.6 Å². The molecule has 1 unspecified atom stereocenters. The molecule has 15 heteroatoms. The second kappa shape index (κ2) is 10.8. The van der Waals surface area contributed by atoms with Crippen LogP contribution in [0, 0.1) is 0 Å². The topological polar surface area (TPSA) is 199 Å². The molecule has 198 valence electrons. The van der Waals surface area contributed by atoms with E-state index >= 15 is 0 Å². The van der Waals surface area contributed by atoms with Crippen LogP contribution in [0.5, 0.6) is 11.6 Å². The molecule has 0 aliphatic carbocycles. The van der Waals surface area contributed by atoms with Gasteiger partial charge in [-0.1, -0.05) is 12.1 Å². The average Bonchev–Trinajstić information content (AvgIpc) is 2.89. The van der Waals surface area contributed by atoms with E-state index in [4.69, 9.17) is 4.65 Å². The van der Waals surface area contributed by atoms with Crippen molar-refractivity contribution in [1.29, 1.82) is 0 Å². The quantitative estimate of drug-likeness (QED) is 0.232.